The smallest absolute Gasteiger partial charge is 0.253 e. The molecule has 2 aliphatic rings. The second-order valence-corrected chi connectivity index (χ2v) is 11.7. The third-order valence-corrected chi connectivity index (χ3v) is 9.75. The van der Waals surface area contributed by atoms with E-state index in [1.54, 1.807) is 41.3 Å². The summed E-state index contributed by atoms with van der Waals surface area (Å²) in [5.41, 5.74) is 0.979. The minimum absolute atomic E-state index is 0.0592. The summed E-state index contributed by atoms with van der Waals surface area (Å²) in [6.45, 7) is 1.29. The van der Waals surface area contributed by atoms with Crippen LogP contribution in [0.15, 0.2) is 53.4 Å². The summed E-state index contributed by atoms with van der Waals surface area (Å²) < 4.78 is 52.5. The number of carbonyl (C=O) groups excluding carboxylic acids is 1. The van der Waals surface area contributed by atoms with E-state index >= 15 is 0 Å². The van der Waals surface area contributed by atoms with Crippen LogP contribution < -0.4 is 4.31 Å². The van der Waals surface area contributed by atoms with Gasteiger partial charge in [0.1, 0.15) is 4.90 Å². The van der Waals surface area contributed by atoms with E-state index in [0.717, 1.165) is 0 Å². The molecule has 0 atom stereocenters. The average Bonchev–Trinajstić information content (AvgIpc) is 3.12. The van der Waals surface area contributed by atoms with Gasteiger partial charge in [-0.25, -0.2) is 16.8 Å². The highest BCUT2D eigenvalue weighted by Crippen LogP contribution is 2.26. The molecule has 11 heteroatoms. The zero-order chi connectivity index (χ0) is 22.2. The molecule has 4 rings (SSSR count). The van der Waals surface area contributed by atoms with Gasteiger partial charge in [-0.05, 0) is 42.8 Å². The Kier molecular flexibility index (Phi) is 5.99. The molecule has 0 aromatic heterocycles. The zero-order valence-corrected chi connectivity index (χ0v) is 19.0. The van der Waals surface area contributed by atoms with Gasteiger partial charge in [0.2, 0.25) is 20.0 Å². The molecule has 1 amide bonds. The molecule has 0 saturated carbocycles. The number of nitrogens with zero attached hydrogens (tertiary/aromatic N) is 3. The first-order valence-corrected chi connectivity index (χ1v) is 13.3. The third-order valence-electron chi connectivity index (χ3n) is 5.48. The van der Waals surface area contributed by atoms with Crippen LogP contribution in [0.5, 0.6) is 0 Å². The lowest BCUT2D eigenvalue weighted by Gasteiger charge is -2.34. The number of rotatable bonds is 4. The number of halogens is 1. The van der Waals surface area contributed by atoms with E-state index in [9.17, 15) is 21.6 Å². The normalized spacial score (nSPS) is 19.5. The van der Waals surface area contributed by atoms with Crippen molar-refractivity contribution in [2.24, 2.45) is 0 Å². The lowest BCUT2D eigenvalue weighted by atomic mass is 10.1. The van der Waals surface area contributed by atoms with Crippen LogP contribution in [0, 0.1) is 0 Å². The van der Waals surface area contributed by atoms with Crippen molar-refractivity contribution in [3.63, 3.8) is 0 Å². The molecule has 166 valence electrons. The third kappa shape index (κ3) is 4.30. The fourth-order valence-electron chi connectivity index (χ4n) is 3.81. The molecule has 0 aliphatic carbocycles. The van der Waals surface area contributed by atoms with Gasteiger partial charge in [-0.1, -0.05) is 23.7 Å². The fraction of sp³-hybridized carbons (Fsp3) is 0.350. The molecule has 2 aliphatic heterocycles. The Hall–Kier alpha value is -2.14. The van der Waals surface area contributed by atoms with Crippen molar-refractivity contribution >= 4 is 43.2 Å². The molecule has 0 spiro atoms. The number of hydrogen-bond acceptors (Lipinski definition) is 5. The lowest BCUT2D eigenvalue weighted by molar-refractivity contribution is 0.0698. The summed E-state index contributed by atoms with van der Waals surface area (Å²) in [5, 5.41) is 0.168. The Morgan fingerprint density at radius 1 is 0.903 bits per heavy atom. The van der Waals surface area contributed by atoms with Crippen LogP contribution in [-0.2, 0) is 20.0 Å². The number of hydrogen-bond donors (Lipinski definition) is 0. The van der Waals surface area contributed by atoms with E-state index in [0.29, 0.717) is 24.2 Å². The van der Waals surface area contributed by atoms with Crippen LogP contribution in [0.3, 0.4) is 0 Å². The minimum atomic E-state index is -3.73. The highest BCUT2D eigenvalue weighted by atomic mass is 35.5. The van der Waals surface area contributed by atoms with E-state index < -0.39 is 20.0 Å². The molecular weight excluding hydrogens is 462 g/mol. The van der Waals surface area contributed by atoms with Crippen LogP contribution in [0.1, 0.15) is 16.8 Å². The SMILES string of the molecule is O=C(c1ccc(N2CCCS2(=O)=O)cc1)N1CCN(S(=O)(=O)c2ccccc2Cl)CC1. The van der Waals surface area contributed by atoms with Crippen molar-refractivity contribution in [1.29, 1.82) is 0 Å². The highest BCUT2D eigenvalue weighted by Gasteiger charge is 2.32. The second-order valence-electron chi connectivity index (χ2n) is 7.42. The van der Waals surface area contributed by atoms with E-state index in [4.69, 9.17) is 11.6 Å². The summed E-state index contributed by atoms with van der Waals surface area (Å²) in [6.07, 6.45) is 0.588. The quantitative estimate of drug-likeness (QED) is 0.663. The van der Waals surface area contributed by atoms with Crippen LogP contribution in [0.25, 0.3) is 0 Å². The standard InChI is InChI=1S/C20H22ClN3O5S2/c21-18-4-1-2-5-19(18)31(28,29)23-13-11-22(12-14-23)20(25)16-6-8-17(9-7-16)24-10-3-15-30(24,26)27/h1-2,4-9H,3,10-15H2. The molecule has 2 heterocycles. The van der Waals surface area contributed by atoms with Gasteiger partial charge in [0.15, 0.2) is 0 Å². The Bertz CT molecular complexity index is 1190. The summed E-state index contributed by atoms with van der Waals surface area (Å²) >= 11 is 6.05. The first-order valence-electron chi connectivity index (χ1n) is 9.84. The van der Waals surface area contributed by atoms with Gasteiger partial charge < -0.3 is 4.90 Å². The topological polar surface area (TPSA) is 95.1 Å². The number of carbonyl (C=O) groups is 1. The molecule has 8 nitrogen and oxygen atoms in total. The van der Waals surface area contributed by atoms with Gasteiger partial charge in [-0.2, -0.15) is 4.31 Å². The number of sulfonamides is 2. The molecule has 0 N–H and O–H groups in total. The van der Waals surface area contributed by atoms with Crippen LogP contribution in [0.2, 0.25) is 5.02 Å². The Morgan fingerprint density at radius 3 is 2.13 bits per heavy atom. The molecule has 31 heavy (non-hydrogen) atoms. The Morgan fingerprint density at radius 2 is 1.55 bits per heavy atom. The molecule has 0 unspecified atom stereocenters. The molecule has 2 aromatic rings. The predicted molar refractivity (Wildman–Crippen MR) is 118 cm³/mol. The first kappa shape index (κ1) is 22.1. The van der Waals surface area contributed by atoms with Gasteiger partial charge in [0, 0.05) is 38.3 Å². The Balaban J connectivity index is 1.42. The maximum absolute atomic E-state index is 12.9. The lowest BCUT2D eigenvalue weighted by Crippen LogP contribution is -2.50. The fourth-order valence-corrected chi connectivity index (χ4v) is 7.29. The highest BCUT2D eigenvalue weighted by molar-refractivity contribution is 7.93. The monoisotopic (exact) mass is 483 g/mol. The number of anilines is 1. The van der Waals surface area contributed by atoms with Crippen molar-refractivity contribution in [3.05, 3.63) is 59.1 Å². The Labute approximate surface area is 187 Å². The maximum Gasteiger partial charge on any atom is 0.253 e. The summed E-state index contributed by atoms with van der Waals surface area (Å²) in [5.74, 6) is -0.0830. The van der Waals surface area contributed by atoms with E-state index in [1.807, 2.05) is 0 Å². The summed E-state index contributed by atoms with van der Waals surface area (Å²) in [4.78, 5) is 14.5. The zero-order valence-electron chi connectivity index (χ0n) is 16.6. The second kappa shape index (κ2) is 8.42. The van der Waals surface area contributed by atoms with Gasteiger partial charge in [-0.3, -0.25) is 9.10 Å². The molecule has 2 saturated heterocycles. The number of piperazine rings is 1. The molecule has 0 bridgehead atoms. The summed E-state index contributed by atoms with van der Waals surface area (Å²) in [7, 11) is -7.01. The molecule has 2 aromatic carbocycles. The van der Waals surface area contributed by atoms with E-state index in [1.165, 1.54) is 20.7 Å². The minimum Gasteiger partial charge on any atom is -0.336 e. The molecule has 2 fully saturated rings. The average molecular weight is 484 g/mol. The maximum atomic E-state index is 12.9. The van der Waals surface area contributed by atoms with Gasteiger partial charge in [0.05, 0.1) is 16.5 Å². The van der Waals surface area contributed by atoms with Gasteiger partial charge >= 0.3 is 0 Å². The van der Waals surface area contributed by atoms with Crippen molar-refractivity contribution in [2.45, 2.75) is 11.3 Å². The van der Waals surface area contributed by atoms with Gasteiger partial charge in [0.25, 0.3) is 5.91 Å². The van der Waals surface area contributed by atoms with Crippen molar-refractivity contribution in [3.8, 4) is 0 Å². The van der Waals surface area contributed by atoms with E-state index in [2.05, 4.69) is 0 Å². The predicted octanol–water partition coefficient (Wildman–Crippen LogP) is 2.03. The van der Waals surface area contributed by atoms with E-state index in [-0.39, 0.29) is 47.8 Å². The van der Waals surface area contributed by atoms with Crippen LogP contribution >= 0.6 is 11.6 Å². The van der Waals surface area contributed by atoms with Crippen LogP contribution in [-0.4, -0.2) is 70.4 Å². The van der Waals surface area contributed by atoms with Gasteiger partial charge in [-0.15, -0.1) is 0 Å². The van der Waals surface area contributed by atoms with Crippen LogP contribution in [0.4, 0.5) is 5.69 Å². The number of benzene rings is 2. The molecule has 0 radical (unpaired) electrons. The van der Waals surface area contributed by atoms with Crippen molar-refractivity contribution in [2.75, 3.05) is 42.8 Å². The molecular formula is C20H22ClN3O5S2. The largest absolute Gasteiger partial charge is 0.336 e. The van der Waals surface area contributed by atoms with Crippen molar-refractivity contribution < 1.29 is 21.6 Å². The number of amides is 1. The first-order chi connectivity index (χ1) is 14.7. The van der Waals surface area contributed by atoms with Crippen molar-refractivity contribution in [1.82, 2.24) is 9.21 Å². The summed E-state index contributed by atoms with van der Waals surface area (Å²) in [6, 6.07) is 12.8.